The standard InChI is InChI=1S/C15H12O4S/c16-14(17)11-7-5-10(6-8-11)9-20-13-4-2-1-3-12(13)15(18)19/h1-8H,9H2,(H,16,17)(H,18,19). The second-order valence-electron chi connectivity index (χ2n) is 4.09. The van der Waals surface area contributed by atoms with Gasteiger partial charge in [0.15, 0.2) is 0 Å². The maximum atomic E-state index is 11.1. The van der Waals surface area contributed by atoms with E-state index in [1.165, 1.54) is 11.8 Å². The van der Waals surface area contributed by atoms with Crippen LogP contribution < -0.4 is 0 Å². The number of rotatable bonds is 5. The minimum atomic E-state index is -0.958. The number of benzene rings is 2. The van der Waals surface area contributed by atoms with Gasteiger partial charge >= 0.3 is 11.9 Å². The van der Waals surface area contributed by atoms with E-state index in [0.29, 0.717) is 10.6 Å². The van der Waals surface area contributed by atoms with E-state index < -0.39 is 11.9 Å². The summed E-state index contributed by atoms with van der Waals surface area (Å²) in [6.45, 7) is 0. The number of carboxylic acids is 2. The van der Waals surface area contributed by atoms with Gasteiger partial charge in [0.1, 0.15) is 0 Å². The first-order valence-corrected chi connectivity index (χ1v) is 6.84. The molecule has 0 fully saturated rings. The third kappa shape index (κ3) is 3.39. The molecular formula is C15H12O4S. The molecule has 20 heavy (non-hydrogen) atoms. The fraction of sp³-hybridized carbons (Fsp3) is 0.0667. The van der Waals surface area contributed by atoms with Crippen molar-refractivity contribution in [1.82, 2.24) is 0 Å². The largest absolute Gasteiger partial charge is 0.478 e. The molecule has 0 aliphatic carbocycles. The Kier molecular flexibility index (Phi) is 4.42. The molecular weight excluding hydrogens is 276 g/mol. The SMILES string of the molecule is O=C(O)c1ccc(CSc2ccccc2C(=O)O)cc1. The average molecular weight is 288 g/mol. The first kappa shape index (κ1) is 14.1. The molecule has 2 rings (SSSR count). The molecule has 0 saturated heterocycles. The summed E-state index contributed by atoms with van der Waals surface area (Å²) in [6.07, 6.45) is 0. The van der Waals surface area contributed by atoms with E-state index in [0.717, 1.165) is 5.56 Å². The Bertz CT molecular complexity index is 635. The summed E-state index contributed by atoms with van der Waals surface area (Å²) in [5, 5.41) is 17.9. The summed E-state index contributed by atoms with van der Waals surface area (Å²) in [7, 11) is 0. The molecule has 0 bridgehead atoms. The molecule has 0 unspecified atom stereocenters. The van der Waals surface area contributed by atoms with Crippen molar-refractivity contribution in [3.05, 3.63) is 65.2 Å². The summed E-state index contributed by atoms with van der Waals surface area (Å²) < 4.78 is 0. The fourth-order valence-corrected chi connectivity index (χ4v) is 2.67. The van der Waals surface area contributed by atoms with E-state index >= 15 is 0 Å². The predicted octanol–water partition coefficient (Wildman–Crippen LogP) is 3.38. The van der Waals surface area contributed by atoms with Gasteiger partial charge in [-0.3, -0.25) is 0 Å². The van der Waals surface area contributed by atoms with E-state index in [1.807, 2.05) is 0 Å². The van der Waals surface area contributed by atoms with E-state index in [9.17, 15) is 9.59 Å². The Labute approximate surface area is 120 Å². The lowest BCUT2D eigenvalue weighted by molar-refractivity contribution is 0.0684. The van der Waals surface area contributed by atoms with E-state index in [1.54, 1.807) is 48.5 Å². The first-order valence-electron chi connectivity index (χ1n) is 5.85. The minimum Gasteiger partial charge on any atom is -0.478 e. The smallest absolute Gasteiger partial charge is 0.336 e. The highest BCUT2D eigenvalue weighted by Gasteiger charge is 2.09. The summed E-state index contributed by atoms with van der Waals surface area (Å²) in [5.41, 5.74) is 1.46. The predicted molar refractivity (Wildman–Crippen MR) is 76.4 cm³/mol. The Morgan fingerprint density at radius 2 is 1.55 bits per heavy atom. The summed E-state index contributed by atoms with van der Waals surface area (Å²) in [6, 6.07) is 13.4. The van der Waals surface area contributed by atoms with Crippen molar-refractivity contribution in [2.45, 2.75) is 10.6 Å². The van der Waals surface area contributed by atoms with Crippen molar-refractivity contribution in [3.8, 4) is 0 Å². The minimum absolute atomic E-state index is 0.240. The van der Waals surface area contributed by atoms with Gasteiger partial charge in [-0.25, -0.2) is 9.59 Å². The Hall–Kier alpha value is -2.27. The van der Waals surface area contributed by atoms with Crippen LogP contribution in [0.4, 0.5) is 0 Å². The summed E-state index contributed by atoms with van der Waals surface area (Å²) >= 11 is 1.41. The van der Waals surface area contributed by atoms with Crippen LogP contribution in [-0.4, -0.2) is 22.2 Å². The Balaban J connectivity index is 2.09. The Morgan fingerprint density at radius 1 is 0.900 bits per heavy atom. The third-order valence-corrected chi connectivity index (χ3v) is 3.86. The highest BCUT2D eigenvalue weighted by molar-refractivity contribution is 7.98. The number of hydrogen-bond acceptors (Lipinski definition) is 3. The zero-order valence-corrected chi connectivity index (χ0v) is 11.3. The molecule has 4 nitrogen and oxygen atoms in total. The molecule has 5 heteroatoms. The van der Waals surface area contributed by atoms with Gasteiger partial charge in [-0.2, -0.15) is 0 Å². The zero-order valence-electron chi connectivity index (χ0n) is 10.4. The van der Waals surface area contributed by atoms with Gasteiger partial charge in [-0.1, -0.05) is 24.3 Å². The molecule has 2 aromatic carbocycles. The van der Waals surface area contributed by atoms with Crippen LogP contribution in [0.3, 0.4) is 0 Å². The molecule has 0 amide bonds. The second-order valence-corrected chi connectivity index (χ2v) is 5.11. The van der Waals surface area contributed by atoms with Crippen molar-refractivity contribution in [1.29, 1.82) is 0 Å². The monoisotopic (exact) mass is 288 g/mol. The van der Waals surface area contributed by atoms with Gasteiger partial charge in [0, 0.05) is 10.6 Å². The van der Waals surface area contributed by atoms with Crippen molar-refractivity contribution < 1.29 is 19.8 Å². The van der Waals surface area contributed by atoms with Gasteiger partial charge in [0.05, 0.1) is 11.1 Å². The lowest BCUT2D eigenvalue weighted by Gasteiger charge is -2.06. The van der Waals surface area contributed by atoms with Crippen LogP contribution in [0.5, 0.6) is 0 Å². The molecule has 0 saturated carbocycles. The van der Waals surface area contributed by atoms with Crippen LogP contribution in [-0.2, 0) is 5.75 Å². The normalized spacial score (nSPS) is 10.2. The van der Waals surface area contributed by atoms with Crippen molar-refractivity contribution in [3.63, 3.8) is 0 Å². The number of hydrogen-bond donors (Lipinski definition) is 2. The van der Waals surface area contributed by atoms with Gasteiger partial charge in [0.2, 0.25) is 0 Å². The van der Waals surface area contributed by atoms with Crippen molar-refractivity contribution >= 4 is 23.7 Å². The van der Waals surface area contributed by atoms with Gasteiger partial charge in [-0.15, -0.1) is 11.8 Å². The van der Waals surface area contributed by atoms with E-state index in [-0.39, 0.29) is 11.1 Å². The number of thioether (sulfide) groups is 1. The van der Waals surface area contributed by atoms with Crippen LogP contribution in [0.25, 0.3) is 0 Å². The quantitative estimate of drug-likeness (QED) is 0.825. The lowest BCUT2D eigenvalue weighted by Crippen LogP contribution is -1.98. The van der Waals surface area contributed by atoms with Gasteiger partial charge in [-0.05, 0) is 29.8 Å². The van der Waals surface area contributed by atoms with Crippen LogP contribution in [0, 0.1) is 0 Å². The molecule has 0 radical (unpaired) electrons. The van der Waals surface area contributed by atoms with E-state index in [4.69, 9.17) is 10.2 Å². The summed E-state index contributed by atoms with van der Waals surface area (Å²) in [5.74, 6) is -1.32. The van der Waals surface area contributed by atoms with Crippen molar-refractivity contribution in [2.24, 2.45) is 0 Å². The molecule has 2 aromatic rings. The van der Waals surface area contributed by atoms with Gasteiger partial charge in [0.25, 0.3) is 0 Å². The van der Waals surface area contributed by atoms with Crippen LogP contribution in [0.2, 0.25) is 0 Å². The van der Waals surface area contributed by atoms with Crippen LogP contribution in [0.1, 0.15) is 26.3 Å². The molecule has 0 atom stereocenters. The number of aromatic carboxylic acids is 2. The average Bonchev–Trinajstić information content (AvgIpc) is 2.45. The molecule has 0 aromatic heterocycles. The topological polar surface area (TPSA) is 74.6 Å². The molecule has 0 aliphatic rings. The second kappa shape index (κ2) is 6.25. The number of carboxylic acid groups (broad SMARTS) is 2. The van der Waals surface area contributed by atoms with E-state index in [2.05, 4.69) is 0 Å². The maximum Gasteiger partial charge on any atom is 0.336 e. The Morgan fingerprint density at radius 3 is 2.15 bits per heavy atom. The molecule has 2 N–H and O–H groups in total. The molecule has 0 aliphatic heterocycles. The lowest BCUT2D eigenvalue weighted by atomic mass is 10.1. The summed E-state index contributed by atoms with van der Waals surface area (Å²) in [4.78, 5) is 22.5. The van der Waals surface area contributed by atoms with Gasteiger partial charge < -0.3 is 10.2 Å². The maximum absolute atomic E-state index is 11.1. The first-order chi connectivity index (χ1) is 9.58. The fourth-order valence-electron chi connectivity index (χ4n) is 1.67. The number of carbonyl (C=O) groups is 2. The molecule has 0 spiro atoms. The van der Waals surface area contributed by atoms with Crippen LogP contribution in [0.15, 0.2) is 53.4 Å². The third-order valence-electron chi connectivity index (χ3n) is 2.71. The highest BCUT2D eigenvalue weighted by atomic mass is 32.2. The van der Waals surface area contributed by atoms with Crippen molar-refractivity contribution in [2.75, 3.05) is 0 Å². The highest BCUT2D eigenvalue weighted by Crippen LogP contribution is 2.26. The van der Waals surface area contributed by atoms with Crippen LogP contribution >= 0.6 is 11.8 Å². The zero-order chi connectivity index (χ0) is 14.5. The molecule has 0 heterocycles. The molecule has 102 valence electrons.